The van der Waals surface area contributed by atoms with E-state index in [1.165, 1.54) is 18.2 Å². The maximum atomic E-state index is 12.7. The number of hydrogen-bond donors (Lipinski definition) is 1. The number of imide groups is 1. The molecule has 2 aromatic carbocycles. The van der Waals surface area contributed by atoms with Crippen molar-refractivity contribution >= 4 is 46.3 Å². The van der Waals surface area contributed by atoms with Crippen LogP contribution in [0.15, 0.2) is 63.9 Å². The Labute approximate surface area is 198 Å². The minimum Gasteiger partial charge on any atom is -0.457 e. The van der Waals surface area contributed by atoms with E-state index in [0.29, 0.717) is 22.8 Å². The molecule has 0 unspecified atom stereocenters. The third-order valence-electron chi connectivity index (χ3n) is 5.32. The smallest absolute Gasteiger partial charge is 0.294 e. The van der Waals surface area contributed by atoms with Crippen LogP contribution < -0.4 is 5.32 Å². The maximum Gasteiger partial charge on any atom is 0.294 e. The van der Waals surface area contributed by atoms with Gasteiger partial charge >= 0.3 is 0 Å². The number of carbonyl (C=O) groups excluding carboxylic acids is 3. The molecule has 1 fully saturated rings. The van der Waals surface area contributed by atoms with E-state index in [-0.39, 0.29) is 10.6 Å². The van der Waals surface area contributed by atoms with E-state index in [9.17, 15) is 24.5 Å². The number of nitrogens with zero attached hydrogens (tertiary/aromatic N) is 2. The molecule has 9 nitrogen and oxygen atoms in total. The Kier molecular flexibility index (Phi) is 6.33. The van der Waals surface area contributed by atoms with Gasteiger partial charge < -0.3 is 9.73 Å². The summed E-state index contributed by atoms with van der Waals surface area (Å²) in [6.07, 6.45) is 1.43. The van der Waals surface area contributed by atoms with Crippen molar-refractivity contribution in [3.63, 3.8) is 0 Å². The van der Waals surface area contributed by atoms with Crippen LogP contribution in [0, 0.1) is 24.0 Å². The Balaban J connectivity index is 1.45. The predicted molar refractivity (Wildman–Crippen MR) is 128 cm³/mol. The number of anilines is 1. The lowest BCUT2D eigenvalue weighted by atomic mass is 10.1. The fraction of sp³-hybridized carbons (Fsp3) is 0.125. The first-order chi connectivity index (χ1) is 16.2. The van der Waals surface area contributed by atoms with Gasteiger partial charge in [0.25, 0.3) is 16.8 Å². The number of nitro groups is 1. The normalized spacial score (nSPS) is 14.6. The van der Waals surface area contributed by atoms with Crippen LogP contribution in [-0.2, 0) is 9.59 Å². The highest BCUT2D eigenvalue weighted by Crippen LogP contribution is 2.33. The van der Waals surface area contributed by atoms with Crippen molar-refractivity contribution in [3.05, 3.63) is 86.5 Å². The Bertz CT molecular complexity index is 1340. The van der Waals surface area contributed by atoms with Gasteiger partial charge in [-0.1, -0.05) is 12.1 Å². The summed E-state index contributed by atoms with van der Waals surface area (Å²) in [7, 11) is 0. The van der Waals surface area contributed by atoms with Gasteiger partial charge in [-0.2, -0.15) is 0 Å². The molecule has 1 aliphatic rings. The number of hydrogen-bond acceptors (Lipinski definition) is 7. The number of carbonyl (C=O) groups is 3. The molecule has 10 heteroatoms. The number of non-ortho nitro benzene ring substituents is 1. The third-order valence-corrected chi connectivity index (χ3v) is 6.22. The van der Waals surface area contributed by atoms with Crippen molar-refractivity contribution < 1.29 is 23.7 Å². The Morgan fingerprint density at radius 1 is 1.12 bits per heavy atom. The minimum atomic E-state index is -0.584. The number of rotatable bonds is 6. The quantitative estimate of drug-likeness (QED) is 0.296. The van der Waals surface area contributed by atoms with Crippen molar-refractivity contribution in [2.75, 3.05) is 11.9 Å². The lowest BCUT2D eigenvalue weighted by molar-refractivity contribution is -0.384. The zero-order valence-electron chi connectivity index (χ0n) is 18.2. The number of nitrogens with one attached hydrogen (secondary N) is 1. The van der Waals surface area contributed by atoms with Crippen molar-refractivity contribution in [3.8, 4) is 11.3 Å². The van der Waals surface area contributed by atoms with E-state index in [4.69, 9.17) is 4.42 Å². The molecule has 34 heavy (non-hydrogen) atoms. The van der Waals surface area contributed by atoms with Gasteiger partial charge in [0.05, 0.1) is 9.83 Å². The van der Waals surface area contributed by atoms with E-state index in [1.54, 1.807) is 30.3 Å². The molecule has 4 rings (SSSR count). The Morgan fingerprint density at radius 3 is 2.56 bits per heavy atom. The van der Waals surface area contributed by atoms with Crippen LogP contribution in [0.4, 0.5) is 16.2 Å². The molecule has 1 N–H and O–H groups in total. The highest BCUT2D eigenvalue weighted by molar-refractivity contribution is 8.18. The number of amides is 3. The van der Waals surface area contributed by atoms with Gasteiger partial charge in [-0.25, -0.2) is 0 Å². The molecule has 172 valence electrons. The summed E-state index contributed by atoms with van der Waals surface area (Å²) in [5.74, 6) is -0.276. The van der Waals surface area contributed by atoms with Crippen molar-refractivity contribution in [2.45, 2.75) is 13.8 Å². The first kappa shape index (κ1) is 23.0. The first-order valence-corrected chi connectivity index (χ1v) is 11.0. The standard InChI is InChI=1S/C24H19N3O6S/c1-14-4-3-5-19(15(14)2)25-22(28)13-26-23(29)21(34-24(26)30)12-18-10-11-20(33-18)16-6-8-17(9-7-16)27(31)32/h3-12H,13H2,1-2H3,(H,25,28)/b21-12+. The van der Waals surface area contributed by atoms with Crippen LogP contribution in [0.25, 0.3) is 17.4 Å². The summed E-state index contributed by atoms with van der Waals surface area (Å²) < 4.78 is 5.71. The summed E-state index contributed by atoms with van der Waals surface area (Å²) in [4.78, 5) is 48.9. The molecule has 1 aromatic heterocycles. The van der Waals surface area contributed by atoms with E-state index >= 15 is 0 Å². The lowest BCUT2D eigenvalue weighted by Gasteiger charge is -2.14. The fourth-order valence-electron chi connectivity index (χ4n) is 3.32. The summed E-state index contributed by atoms with van der Waals surface area (Å²) in [5, 5.41) is 13.0. The predicted octanol–water partition coefficient (Wildman–Crippen LogP) is 5.15. The van der Waals surface area contributed by atoms with E-state index in [2.05, 4.69) is 5.32 Å². The Hall–Kier alpha value is -4.18. The molecule has 0 atom stereocenters. The molecule has 1 saturated heterocycles. The average Bonchev–Trinajstić information content (AvgIpc) is 3.37. The number of nitro benzene ring substituents is 1. The third kappa shape index (κ3) is 4.76. The van der Waals surface area contributed by atoms with Crippen LogP contribution in [0.1, 0.15) is 16.9 Å². The average molecular weight is 477 g/mol. The van der Waals surface area contributed by atoms with E-state index < -0.39 is 28.5 Å². The second-order valence-electron chi connectivity index (χ2n) is 7.57. The number of furan rings is 1. The highest BCUT2D eigenvalue weighted by Gasteiger charge is 2.36. The number of thioether (sulfide) groups is 1. The van der Waals surface area contributed by atoms with Gasteiger partial charge in [0.1, 0.15) is 18.1 Å². The van der Waals surface area contributed by atoms with Crippen LogP contribution >= 0.6 is 11.8 Å². The van der Waals surface area contributed by atoms with Crippen LogP contribution in [0.3, 0.4) is 0 Å². The summed E-state index contributed by atoms with van der Waals surface area (Å²) in [6.45, 7) is 3.40. The SMILES string of the molecule is Cc1cccc(NC(=O)CN2C(=O)S/C(=C/c3ccc(-c4ccc([N+](=O)[O-])cc4)o3)C2=O)c1C. The van der Waals surface area contributed by atoms with Crippen molar-refractivity contribution in [1.29, 1.82) is 0 Å². The molecule has 3 aromatic rings. The lowest BCUT2D eigenvalue weighted by Crippen LogP contribution is -2.36. The first-order valence-electron chi connectivity index (χ1n) is 10.2. The zero-order chi connectivity index (χ0) is 24.4. The van der Waals surface area contributed by atoms with Crippen LogP contribution in [0.5, 0.6) is 0 Å². The maximum absolute atomic E-state index is 12.7. The van der Waals surface area contributed by atoms with Gasteiger partial charge in [0.2, 0.25) is 5.91 Å². The summed E-state index contributed by atoms with van der Waals surface area (Å²) in [5.41, 5.74) is 3.14. The summed E-state index contributed by atoms with van der Waals surface area (Å²) in [6, 6.07) is 14.6. The molecule has 3 amide bonds. The van der Waals surface area contributed by atoms with Gasteiger partial charge in [-0.3, -0.25) is 29.4 Å². The number of aryl methyl sites for hydroxylation is 1. The molecule has 0 aliphatic carbocycles. The molecular weight excluding hydrogens is 458 g/mol. The molecule has 2 heterocycles. The van der Waals surface area contributed by atoms with Crippen molar-refractivity contribution in [2.24, 2.45) is 0 Å². The van der Waals surface area contributed by atoms with Gasteiger partial charge in [-0.15, -0.1) is 0 Å². The van der Waals surface area contributed by atoms with E-state index in [0.717, 1.165) is 27.8 Å². The molecule has 0 spiro atoms. The topological polar surface area (TPSA) is 123 Å². The monoisotopic (exact) mass is 477 g/mol. The molecular formula is C24H19N3O6S. The fourth-order valence-corrected chi connectivity index (χ4v) is 4.14. The van der Waals surface area contributed by atoms with E-state index in [1.807, 2.05) is 26.0 Å². The van der Waals surface area contributed by atoms with Crippen LogP contribution in [-0.4, -0.2) is 33.4 Å². The molecule has 0 bridgehead atoms. The zero-order valence-corrected chi connectivity index (χ0v) is 19.0. The molecule has 0 saturated carbocycles. The van der Waals surface area contributed by atoms with Gasteiger partial charge in [0, 0.05) is 29.5 Å². The largest absolute Gasteiger partial charge is 0.457 e. The number of benzene rings is 2. The second-order valence-corrected chi connectivity index (χ2v) is 8.56. The van der Waals surface area contributed by atoms with Crippen molar-refractivity contribution in [1.82, 2.24) is 4.90 Å². The second kappa shape index (κ2) is 9.36. The summed E-state index contributed by atoms with van der Waals surface area (Å²) >= 11 is 0.724. The molecule has 1 aliphatic heterocycles. The highest BCUT2D eigenvalue weighted by atomic mass is 32.2. The minimum absolute atomic E-state index is 0.0363. The van der Waals surface area contributed by atoms with Crippen LogP contribution in [0.2, 0.25) is 0 Å². The molecule has 0 radical (unpaired) electrons. The van der Waals surface area contributed by atoms with Gasteiger partial charge in [0.15, 0.2) is 0 Å². The van der Waals surface area contributed by atoms with Gasteiger partial charge in [-0.05, 0) is 67.1 Å². The Morgan fingerprint density at radius 2 is 1.85 bits per heavy atom.